The van der Waals surface area contributed by atoms with Crippen molar-refractivity contribution in [3.8, 4) is 0 Å². The third-order valence-corrected chi connectivity index (χ3v) is 2.15. The molecule has 0 aromatic heterocycles. The van der Waals surface area contributed by atoms with E-state index in [4.69, 9.17) is 28.9 Å². The predicted molar refractivity (Wildman–Crippen MR) is 53.8 cm³/mol. The zero-order valence-corrected chi connectivity index (χ0v) is 8.66. The lowest BCUT2D eigenvalue weighted by atomic mass is 10.1. The molecular formula is C9H10Cl2FN. The van der Waals surface area contributed by atoms with Crippen LogP contribution in [0.5, 0.6) is 0 Å². The summed E-state index contributed by atoms with van der Waals surface area (Å²) in [6.45, 7) is 1.87. The van der Waals surface area contributed by atoms with E-state index in [0.717, 1.165) is 5.56 Å². The van der Waals surface area contributed by atoms with Gasteiger partial charge in [-0.3, -0.25) is 0 Å². The molecule has 0 bridgehead atoms. The Kier molecular flexibility index (Phi) is 3.54. The fourth-order valence-electron chi connectivity index (χ4n) is 1.10. The highest BCUT2D eigenvalue weighted by molar-refractivity contribution is 6.34. The van der Waals surface area contributed by atoms with Crippen molar-refractivity contribution >= 4 is 23.2 Å². The monoisotopic (exact) mass is 221 g/mol. The molecule has 0 fully saturated rings. The average molecular weight is 222 g/mol. The van der Waals surface area contributed by atoms with Crippen molar-refractivity contribution in [2.24, 2.45) is 5.73 Å². The third kappa shape index (κ3) is 2.83. The van der Waals surface area contributed by atoms with Crippen molar-refractivity contribution in [1.29, 1.82) is 0 Å². The Hall–Kier alpha value is -0.310. The molecule has 0 aliphatic heterocycles. The van der Waals surface area contributed by atoms with Crippen LogP contribution in [0.2, 0.25) is 10.0 Å². The normalized spacial score (nSPS) is 13.0. The summed E-state index contributed by atoms with van der Waals surface area (Å²) >= 11 is 11.2. The van der Waals surface area contributed by atoms with Crippen molar-refractivity contribution < 1.29 is 4.39 Å². The van der Waals surface area contributed by atoms with Gasteiger partial charge in [-0.15, -0.1) is 0 Å². The number of rotatable bonds is 2. The van der Waals surface area contributed by atoms with Gasteiger partial charge in [-0.25, -0.2) is 4.39 Å². The molecule has 0 saturated heterocycles. The van der Waals surface area contributed by atoms with Crippen molar-refractivity contribution in [2.75, 3.05) is 0 Å². The topological polar surface area (TPSA) is 26.0 Å². The van der Waals surface area contributed by atoms with Crippen LogP contribution in [0.1, 0.15) is 12.5 Å². The van der Waals surface area contributed by atoms with Gasteiger partial charge in [-0.2, -0.15) is 0 Å². The number of nitrogens with two attached hydrogens (primary N) is 1. The van der Waals surface area contributed by atoms with Crippen LogP contribution >= 0.6 is 23.2 Å². The first-order valence-corrected chi connectivity index (χ1v) is 4.65. The first kappa shape index (κ1) is 10.8. The molecule has 0 heterocycles. The highest BCUT2D eigenvalue weighted by atomic mass is 35.5. The SMILES string of the molecule is CC(N)Cc1cc(Cl)c(F)c(Cl)c1. The number of halogens is 3. The van der Waals surface area contributed by atoms with Gasteiger partial charge in [0.15, 0.2) is 5.82 Å². The van der Waals surface area contributed by atoms with Crippen LogP contribution in [-0.2, 0) is 6.42 Å². The molecular weight excluding hydrogens is 212 g/mol. The van der Waals surface area contributed by atoms with Gasteiger partial charge in [0, 0.05) is 6.04 Å². The number of hydrogen-bond donors (Lipinski definition) is 1. The second-order valence-electron chi connectivity index (χ2n) is 3.05. The molecule has 1 unspecified atom stereocenters. The van der Waals surface area contributed by atoms with Crippen LogP contribution in [0, 0.1) is 5.82 Å². The van der Waals surface area contributed by atoms with E-state index < -0.39 is 5.82 Å². The maximum absolute atomic E-state index is 13.0. The zero-order valence-electron chi connectivity index (χ0n) is 7.15. The summed E-state index contributed by atoms with van der Waals surface area (Å²) in [5.74, 6) is -0.572. The van der Waals surface area contributed by atoms with E-state index >= 15 is 0 Å². The minimum atomic E-state index is -0.572. The molecule has 1 aromatic carbocycles. The molecule has 0 spiro atoms. The molecule has 0 radical (unpaired) electrons. The standard InChI is InChI=1S/C9H10Cl2FN/c1-5(13)2-6-3-7(10)9(12)8(11)4-6/h3-5H,2,13H2,1H3. The molecule has 0 aliphatic rings. The fraction of sp³-hybridized carbons (Fsp3) is 0.333. The summed E-state index contributed by atoms with van der Waals surface area (Å²) in [6.07, 6.45) is 0.639. The minimum Gasteiger partial charge on any atom is -0.328 e. The van der Waals surface area contributed by atoms with E-state index in [9.17, 15) is 4.39 Å². The van der Waals surface area contributed by atoms with Crippen LogP contribution in [0.25, 0.3) is 0 Å². The number of benzene rings is 1. The van der Waals surface area contributed by atoms with Crippen molar-refractivity contribution in [2.45, 2.75) is 19.4 Å². The van der Waals surface area contributed by atoms with Crippen LogP contribution in [0.4, 0.5) is 4.39 Å². The van der Waals surface area contributed by atoms with Gasteiger partial charge in [-0.05, 0) is 31.0 Å². The predicted octanol–water partition coefficient (Wildman–Crippen LogP) is 3.02. The molecule has 0 amide bonds. The average Bonchev–Trinajstić information content (AvgIpc) is 1.98. The summed E-state index contributed by atoms with van der Waals surface area (Å²) in [7, 11) is 0. The van der Waals surface area contributed by atoms with Gasteiger partial charge in [0.25, 0.3) is 0 Å². The van der Waals surface area contributed by atoms with Gasteiger partial charge in [0.2, 0.25) is 0 Å². The van der Waals surface area contributed by atoms with Gasteiger partial charge in [0.1, 0.15) is 0 Å². The maximum atomic E-state index is 13.0. The highest BCUT2D eigenvalue weighted by Crippen LogP contribution is 2.25. The van der Waals surface area contributed by atoms with E-state index in [1.807, 2.05) is 6.92 Å². The van der Waals surface area contributed by atoms with Gasteiger partial charge in [-0.1, -0.05) is 23.2 Å². The lowest BCUT2D eigenvalue weighted by Crippen LogP contribution is -2.17. The lowest BCUT2D eigenvalue weighted by molar-refractivity contribution is 0.626. The van der Waals surface area contributed by atoms with Crippen molar-refractivity contribution in [1.82, 2.24) is 0 Å². The second kappa shape index (κ2) is 4.27. The van der Waals surface area contributed by atoms with E-state index in [-0.39, 0.29) is 16.1 Å². The summed E-state index contributed by atoms with van der Waals surface area (Å²) in [5.41, 5.74) is 6.44. The van der Waals surface area contributed by atoms with Gasteiger partial charge in [0.05, 0.1) is 10.0 Å². The second-order valence-corrected chi connectivity index (χ2v) is 3.87. The Balaban J connectivity index is 2.99. The van der Waals surface area contributed by atoms with Crippen LogP contribution in [0.15, 0.2) is 12.1 Å². The molecule has 1 nitrogen and oxygen atoms in total. The molecule has 0 aliphatic carbocycles. The molecule has 1 aromatic rings. The quantitative estimate of drug-likeness (QED) is 0.764. The Morgan fingerprint density at radius 2 is 1.85 bits per heavy atom. The van der Waals surface area contributed by atoms with E-state index in [1.165, 1.54) is 0 Å². The highest BCUT2D eigenvalue weighted by Gasteiger charge is 2.08. The van der Waals surface area contributed by atoms with Crippen LogP contribution in [-0.4, -0.2) is 6.04 Å². The molecule has 4 heteroatoms. The van der Waals surface area contributed by atoms with Gasteiger partial charge >= 0.3 is 0 Å². The lowest BCUT2D eigenvalue weighted by Gasteiger charge is -2.06. The molecule has 0 saturated carbocycles. The molecule has 72 valence electrons. The van der Waals surface area contributed by atoms with E-state index in [2.05, 4.69) is 0 Å². The van der Waals surface area contributed by atoms with Crippen molar-refractivity contribution in [3.63, 3.8) is 0 Å². The first-order valence-electron chi connectivity index (χ1n) is 3.89. The van der Waals surface area contributed by atoms with Gasteiger partial charge < -0.3 is 5.73 Å². The number of hydrogen-bond acceptors (Lipinski definition) is 1. The van der Waals surface area contributed by atoms with E-state index in [1.54, 1.807) is 12.1 Å². The van der Waals surface area contributed by atoms with Crippen LogP contribution < -0.4 is 5.73 Å². The Labute approximate surface area is 86.6 Å². The summed E-state index contributed by atoms with van der Waals surface area (Å²) in [5, 5.41) is 0.0892. The van der Waals surface area contributed by atoms with Crippen molar-refractivity contribution in [3.05, 3.63) is 33.6 Å². The summed E-state index contributed by atoms with van der Waals surface area (Å²) < 4.78 is 13.0. The maximum Gasteiger partial charge on any atom is 0.160 e. The minimum absolute atomic E-state index is 0.0117. The largest absolute Gasteiger partial charge is 0.328 e. The molecule has 13 heavy (non-hydrogen) atoms. The fourth-order valence-corrected chi connectivity index (χ4v) is 1.63. The Morgan fingerprint density at radius 3 is 2.23 bits per heavy atom. The Morgan fingerprint density at radius 1 is 1.38 bits per heavy atom. The third-order valence-electron chi connectivity index (χ3n) is 1.60. The van der Waals surface area contributed by atoms with Crippen LogP contribution in [0.3, 0.4) is 0 Å². The van der Waals surface area contributed by atoms with E-state index in [0.29, 0.717) is 6.42 Å². The molecule has 2 N–H and O–H groups in total. The Bertz CT molecular complexity index is 289. The summed E-state index contributed by atoms with van der Waals surface area (Å²) in [4.78, 5) is 0. The molecule has 1 atom stereocenters. The molecule has 1 rings (SSSR count). The zero-order chi connectivity index (χ0) is 10.0. The smallest absolute Gasteiger partial charge is 0.160 e. The first-order chi connectivity index (χ1) is 6.00. The summed E-state index contributed by atoms with van der Waals surface area (Å²) in [6, 6.07) is 3.11.